The van der Waals surface area contributed by atoms with Gasteiger partial charge in [0.1, 0.15) is 5.78 Å². The number of aliphatic hydroxyl groups is 1. The molecule has 0 saturated carbocycles. The predicted molar refractivity (Wildman–Crippen MR) is 113 cm³/mol. The largest absolute Gasteiger partial charge is 0.421 e. The van der Waals surface area contributed by atoms with Crippen LogP contribution in [0, 0.1) is 5.92 Å². The summed E-state index contributed by atoms with van der Waals surface area (Å²) in [5, 5.41) is 10.4. The monoisotopic (exact) mass is 543 g/mol. The van der Waals surface area contributed by atoms with E-state index < -0.39 is 70.7 Å². The molecule has 0 amide bonds. The van der Waals surface area contributed by atoms with Gasteiger partial charge in [0.2, 0.25) is 0 Å². The van der Waals surface area contributed by atoms with Gasteiger partial charge < -0.3 is 10.8 Å². The molecule has 2 atom stereocenters. The van der Waals surface area contributed by atoms with Crippen LogP contribution in [-0.2, 0) is 22.7 Å². The Morgan fingerprint density at radius 2 is 1.24 bits per heavy atom. The van der Waals surface area contributed by atoms with Crippen LogP contribution in [0.15, 0.2) is 42.5 Å². The molecule has 1 unspecified atom stereocenters. The summed E-state index contributed by atoms with van der Waals surface area (Å²) in [6.07, 6.45) is -18.7. The molecule has 4 nitrogen and oxygen atoms in total. The maximum Gasteiger partial charge on any atom is 0.421 e. The van der Waals surface area contributed by atoms with E-state index in [1.165, 1.54) is 12.1 Å². The van der Waals surface area contributed by atoms with Crippen LogP contribution in [0.2, 0.25) is 0 Å². The molecule has 2 aromatic rings. The van der Waals surface area contributed by atoms with Crippen LogP contribution in [0.25, 0.3) is 0 Å². The highest BCUT2D eigenvalue weighted by atomic mass is 19.4. The third-order valence-electron chi connectivity index (χ3n) is 5.68. The van der Waals surface area contributed by atoms with Gasteiger partial charge in [-0.1, -0.05) is 38.1 Å². The minimum atomic E-state index is -5.82. The predicted octanol–water partition coefficient (Wildman–Crippen LogP) is 6.36. The first-order valence-electron chi connectivity index (χ1n) is 10.7. The molecule has 0 radical (unpaired) electrons. The van der Waals surface area contributed by atoms with E-state index in [2.05, 4.69) is 0 Å². The van der Waals surface area contributed by atoms with Crippen LogP contribution < -0.4 is 5.73 Å². The van der Waals surface area contributed by atoms with Crippen molar-refractivity contribution in [3.63, 3.8) is 0 Å². The van der Waals surface area contributed by atoms with Crippen molar-refractivity contribution < 1.29 is 54.2 Å². The van der Waals surface area contributed by atoms with Crippen molar-refractivity contribution >= 4 is 11.6 Å². The molecular formula is C24H22F9NO3. The molecule has 0 heterocycles. The van der Waals surface area contributed by atoms with Gasteiger partial charge in [-0.25, -0.2) is 0 Å². The molecule has 0 fully saturated rings. The van der Waals surface area contributed by atoms with Crippen LogP contribution >= 0.6 is 0 Å². The second kappa shape index (κ2) is 10.4. The van der Waals surface area contributed by atoms with Crippen LogP contribution in [0.1, 0.15) is 65.3 Å². The molecule has 2 aromatic carbocycles. The van der Waals surface area contributed by atoms with Gasteiger partial charge in [0, 0.05) is 23.9 Å². The highest BCUT2D eigenvalue weighted by Crippen LogP contribution is 2.46. The highest BCUT2D eigenvalue weighted by molar-refractivity contribution is 5.97. The van der Waals surface area contributed by atoms with Crippen LogP contribution in [0.5, 0.6) is 0 Å². The number of hydrogen-bond acceptors (Lipinski definition) is 4. The van der Waals surface area contributed by atoms with Crippen molar-refractivity contribution in [2.24, 2.45) is 11.7 Å². The van der Waals surface area contributed by atoms with Crippen molar-refractivity contribution in [1.82, 2.24) is 0 Å². The number of carbonyl (C=O) groups excluding carboxylic acids is 2. The Morgan fingerprint density at radius 3 is 1.62 bits per heavy atom. The zero-order valence-electron chi connectivity index (χ0n) is 19.4. The fraction of sp³-hybridized carbons (Fsp3) is 0.417. The second-order valence-corrected chi connectivity index (χ2v) is 8.81. The van der Waals surface area contributed by atoms with Gasteiger partial charge in [0.15, 0.2) is 11.4 Å². The number of benzene rings is 2. The van der Waals surface area contributed by atoms with Gasteiger partial charge >= 0.3 is 18.5 Å². The highest BCUT2D eigenvalue weighted by Gasteiger charge is 2.57. The number of carbonyl (C=O) groups is 2. The van der Waals surface area contributed by atoms with Crippen LogP contribution in [-0.4, -0.2) is 22.8 Å². The summed E-state index contributed by atoms with van der Waals surface area (Å²) in [5.41, 5.74) is -4.48. The maximum absolute atomic E-state index is 13.9. The molecule has 3 N–H and O–H groups in total. The molecule has 0 spiro atoms. The zero-order chi connectivity index (χ0) is 28.6. The summed E-state index contributed by atoms with van der Waals surface area (Å²) in [6.45, 7) is 3.31. The smallest absolute Gasteiger partial charge is 0.376 e. The van der Waals surface area contributed by atoms with Gasteiger partial charge in [-0.05, 0) is 29.3 Å². The summed E-state index contributed by atoms with van der Waals surface area (Å²) in [5.74, 6) is -1.88. The van der Waals surface area contributed by atoms with E-state index in [0.717, 1.165) is 12.1 Å². The molecule has 0 aromatic heterocycles. The summed E-state index contributed by atoms with van der Waals surface area (Å²) >= 11 is 0. The van der Waals surface area contributed by atoms with Crippen LogP contribution in [0.3, 0.4) is 0 Å². The molecular weight excluding hydrogens is 521 g/mol. The molecule has 2 rings (SSSR count). The molecule has 0 aliphatic rings. The number of rotatable bonds is 8. The minimum absolute atomic E-state index is 0.0597. The molecule has 0 saturated heterocycles. The van der Waals surface area contributed by atoms with E-state index in [4.69, 9.17) is 5.73 Å². The third kappa shape index (κ3) is 7.10. The summed E-state index contributed by atoms with van der Waals surface area (Å²) in [7, 11) is 0. The third-order valence-corrected chi connectivity index (χ3v) is 5.68. The van der Waals surface area contributed by atoms with E-state index in [1.807, 2.05) is 0 Å². The fourth-order valence-electron chi connectivity index (χ4n) is 3.38. The van der Waals surface area contributed by atoms with Gasteiger partial charge in [-0.2, -0.15) is 39.5 Å². The van der Waals surface area contributed by atoms with E-state index >= 15 is 0 Å². The summed E-state index contributed by atoms with van der Waals surface area (Å²) in [4.78, 5) is 24.5. The normalized spacial score (nSPS) is 15.4. The summed E-state index contributed by atoms with van der Waals surface area (Å²) in [6, 6.07) is 2.80. The summed E-state index contributed by atoms with van der Waals surface area (Å²) < 4.78 is 120. The lowest BCUT2D eigenvalue weighted by Crippen LogP contribution is -2.44. The van der Waals surface area contributed by atoms with E-state index in [0.29, 0.717) is 5.56 Å². The minimum Gasteiger partial charge on any atom is -0.376 e. The van der Waals surface area contributed by atoms with Crippen molar-refractivity contribution in [2.75, 3.05) is 0 Å². The first kappa shape index (κ1) is 30.3. The SMILES string of the molecule is CC(C)C(=O)C[C@H](N)c1ccc(C(=O)CC(O)(c2cc(C(F)(F)F)cc(C(F)(F)F)c2)C(F)(F)F)cc1. The molecule has 204 valence electrons. The Kier molecular flexibility index (Phi) is 8.55. The second-order valence-electron chi connectivity index (χ2n) is 8.81. The van der Waals surface area contributed by atoms with E-state index in [1.54, 1.807) is 13.8 Å². The maximum atomic E-state index is 13.9. The van der Waals surface area contributed by atoms with E-state index in [-0.39, 0.29) is 30.3 Å². The van der Waals surface area contributed by atoms with Gasteiger partial charge in [-0.3, -0.25) is 9.59 Å². The van der Waals surface area contributed by atoms with Gasteiger partial charge in [-0.15, -0.1) is 0 Å². The molecule has 0 aliphatic heterocycles. The standard InChI is InChI=1S/C24H22F9NO3/c1-12(2)19(35)10-18(34)13-3-5-14(6-4-13)20(36)11-21(37,24(31,32)33)15-7-16(22(25,26)27)9-17(8-15)23(28,29)30/h3-9,12,18,37H,10-11,34H2,1-2H3/t18-,21?/m0/s1. The number of nitrogens with two attached hydrogens (primary N) is 1. The first-order chi connectivity index (χ1) is 16.7. The first-order valence-corrected chi connectivity index (χ1v) is 10.7. The lowest BCUT2D eigenvalue weighted by molar-refractivity contribution is -0.265. The Balaban J connectivity index is 2.47. The number of Topliss-reactive ketones (excluding diaryl/α,β-unsaturated/α-hetero) is 2. The zero-order valence-corrected chi connectivity index (χ0v) is 19.4. The molecule has 13 heteroatoms. The van der Waals surface area contributed by atoms with Gasteiger partial charge in [0.25, 0.3) is 0 Å². The molecule has 0 aliphatic carbocycles. The average molecular weight is 543 g/mol. The Labute approximate surface area is 205 Å². The van der Waals surface area contributed by atoms with Crippen LogP contribution in [0.4, 0.5) is 39.5 Å². The Bertz CT molecular complexity index is 1100. The number of hydrogen-bond donors (Lipinski definition) is 2. The van der Waals surface area contributed by atoms with Crippen molar-refractivity contribution in [2.45, 2.75) is 56.9 Å². The number of halogens is 9. The number of alkyl halides is 9. The number of ketones is 2. The van der Waals surface area contributed by atoms with Gasteiger partial charge in [0.05, 0.1) is 17.5 Å². The van der Waals surface area contributed by atoms with Crippen molar-refractivity contribution in [3.8, 4) is 0 Å². The molecule has 37 heavy (non-hydrogen) atoms. The lowest BCUT2D eigenvalue weighted by Gasteiger charge is -2.31. The Hall–Kier alpha value is -2.93. The van der Waals surface area contributed by atoms with E-state index in [9.17, 15) is 54.2 Å². The molecule has 0 bridgehead atoms. The Morgan fingerprint density at radius 1 is 0.811 bits per heavy atom. The quantitative estimate of drug-likeness (QED) is 0.300. The van der Waals surface area contributed by atoms with Crippen molar-refractivity contribution in [3.05, 3.63) is 70.3 Å². The average Bonchev–Trinajstić information content (AvgIpc) is 2.76. The van der Waals surface area contributed by atoms with Crippen molar-refractivity contribution in [1.29, 1.82) is 0 Å². The fourth-order valence-corrected chi connectivity index (χ4v) is 3.38. The lowest BCUT2D eigenvalue weighted by atomic mass is 9.84. The topological polar surface area (TPSA) is 80.4 Å².